The molecule has 0 bridgehead atoms. The van der Waals surface area contributed by atoms with Crippen molar-refractivity contribution in [3.63, 3.8) is 0 Å². The minimum atomic E-state index is -0.101. The van der Waals surface area contributed by atoms with E-state index in [9.17, 15) is 4.79 Å². The molecule has 7 heteroatoms. The maximum atomic E-state index is 12.5. The number of rotatable bonds is 5. The van der Waals surface area contributed by atoms with Gasteiger partial charge in [-0.05, 0) is 28.1 Å². The third kappa shape index (κ3) is 4.19. The molecule has 5 aromatic rings. The van der Waals surface area contributed by atoms with Gasteiger partial charge in [0.15, 0.2) is 5.16 Å². The summed E-state index contributed by atoms with van der Waals surface area (Å²) in [6, 6.07) is 25.6. The van der Waals surface area contributed by atoms with Gasteiger partial charge in [0, 0.05) is 33.6 Å². The molecule has 0 saturated carbocycles. The fraction of sp³-hybridized carbons (Fsp3) is 0.0417. The average Bonchev–Trinajstić information content (AvgIpc) is 3.24. The molecule has 0 aliphatic heterocycles. The highest BCUT2D eigenvalue weighted by Gasteiger charge is 2.15. The number of aromatic nitrogens is 4. The van der Waals surface area contributed by atoms with Crippen LogP contribution in [0.3, 0.4) is 0 Å². The van der Waals surface area contributed by atoms with Crippen LogP contribution in [0.1, 0.15) is 5.69 Å². The zero-order valence-electron chi connectivity index (χ0n) is 16.3. The fourth-order valence-corrected chi connectivity index (χ4v) is 4.48. The predicted octanol–water partition coefficient (Wildman–Crippen LogP) is 5.81. The first-order chi connectivity index (χ1) is 15.2. The molecule has 0 amide bonds. The Morgan fingerprint density at radius 3 is 2.35 bits per heavy atom. The van der Waals surface area contributed by atoms with Crippen LogP contribution in [0, 0.1) is 0 Å². The number of hydrogen-bond acceptors (Lipinski definition) is 4. The molecule has 2 aromatic carbocycles. The number of nitrogens with zero attached hydrogens (tertiary/aromatic N) is 3. The maximum absolute atomic E-state index is 12.5. The van der Waals surface area contributed by atoms with Crippen molar-refractivity contribution >= 4 is 33.3 Å². The smallest absolute Gasteiger partial charge is 0.258 e. The fourth-order valence-electron chi connectivity index (χ4n) is 3.38. The second-order valence-corrected chi connectivity index (χ2v) is 8.83. The van der Waals surface area contributed by atoms with Crippen LogP contribution >= 0.6 is 27.7 Å². The molecular weight excluding hydrogens is 472 g/mol. The molecule has 0 unspecified atom stereocenters. The van der Waals surface area contributed by atoms with Crippen molar-refractivity contribution in [3.8, 4) is 22.5 Å². The summed E-state index contributed by atoms with van der Waals surface area (Å²) in [5, 5.41) is 0.788. The van der Waals surface area contributed by atoms with Crippen molar-refractivity contribution in [2.45, 2.75) is 10.9 Å². The van der Waals surface area contributed by atoms with E-state index in [1.807, 2.05) is 48.5 Å². The Morgan fingerprint density at radius 2 is 1.61 bits per heavy atom. The van der Waals surface area contributed by atoms with Crippen molar-refractivity contribution in [2.75, 3.05) is 0 Å². The van der Waals surface area contributed by atoms with Crippen molar-refractivity contribution in [3.05, 3.63) is 106 Å². The lowest BCUT2D eigenvalue weighted by Gasteiger charge is -2.03. The van der Waals surface area contributed by atoms with E-state index in [4.69, 9.17) is 4.98 Å². The molecule has 0 saturated heterocycles. The third-order valence-corrected chi connectivity index (χ3v) is 6.20. The van der Waals surface area contributed by atoms with Crippen molar-refractivity contribution in [1.82, 2.24) is 19.4 Å². The molecule has 0 aliphatic carbocycles. The quantitative estimate of drug-likeness (QED) is 0.317. The van der Waals surface area contributed by atoms with Gasteiger partial charge in [-0.25, -0.2) is 9.97 Å². The zero-order chi connectivity index (χ0) is 21.2. The molecule has 0 aliphatic rings. The highest BCUT2D eigenvalue weighted by molar-refractivity contribution is 9.10. The number of aromatic amines is 1. The Kier molecular flexibility index (Phi) is 5.44. The number of benzene rings is 2. The number of fused-ring (bicyclic) bond motifs is 1. The average molecular weight is 489 g/mol. The highest BCUT2D eigenvalue weighted by Crippen LogP contribution is 2.33. The monoisotopic (exact) mass is 488 g/mol. The van der Waals surface area contributed by atoms with Crippen LogP contribution in [0.4, 0.5) is 0 Å². The lowest BCUT2D eigenvalue weighted by Crippen LogP contribution is -2.15. The normalized spacial score (nSPS) is 11.1. The Morgan fingerprint density at radius 1 is 0.903 bits per heavy atom. The summed E-state index contributed by atoms with van der Waals surface area (Å²) in [7, 11) is 0. The Labute approximate surface area is 191 Å². The van der Waals surface area contributed by atoms with Gasteiger partial charge in [-0.15, -0.1) is 0 Å². The molecule has 0 atom stereocenters. The van der Waals surface area contributed by atoms with Crippen LogP contribution < -0.4 is 5.56 Å². The summed E-state index contributed by atoms with van der Waals surface area (Å²) in [4.78, 5) is 25.4. The molecular formula is C24H17BrN4OS. The number of H-pyrrole nitrogens is 1. The van der Waals surface area contributed by atoms with E-state index in [1.54, 1.807) is 12.3 Å². The molecule has 31 heavy (non-hydrogen) atoms. The molecule has 1 N–H and O–H groups in total. The molecule has 3 heterocycles. The van der Waals surface area contributed by atoms with Gasteiger partial charge in [-0.1, -0.05) is 72.4 Å². The Hall–Kier alpha value is -3.16. The van der Waals surface area contributed by atoms with E-state index >= 15 is 0 Å². The van der Waals surface area contributed by atoms with E-state index in [0.29, 0.717) is 11.4 Å². The summed E-state index contributed by atoms with van der Waals surface area (Å²) in [6.07, 6.45) is 1.73. The number of thioether (sulfide) groups is 1. The molecule has 3 aromatic heterocycles. The summed E-state index contributed by atoms with van der Waals surface area (Å²) < 4.78 is 2.37. The SMILES string of the molecule is O=c1cc(CSc2nc(-c3ccccc3)c(-c3ccccc3)[nH]2)nc2ccc(Br)cn12. The number of nitrogens with one attached hydrogen (secondary N) is 1. The summed E-state index contributed by atoms with van der Waals surface area (Å²) >= 11 is 4.92. The summed E-state index contributed by atoms with van der Waals surface area (Å²) in [5.74, 6) is 0.539. The lowest BCUT2D eigenvalue weighted by atomic mass is 10.1. The van der Waals surface area contributed by atoms with Crippen LogP contribution in [-0.2, 0) is 5.75 Å². The van der Waals surface area contributed by atoms with Crippen molar-refractivity contribution in [1.29, 1.82) is 0 Å². The van der Waals surface area contributed by atoms with Crippen LogP contribution in [0.15, 0.2) is 99.5 Å². The van der Waals surface area contributed by atoms with Gasteiger partial charge in [0.05, 0.1) is 17.1 Å². The maximum Gasteiger partial charge on any atom is 0.258 e. The van der Waals surface area contributed by atoms with Gasteiger partial charge in [0.2, 0.25) is 0 Å². The Bertz CT molecular complexity index is 1360. The van der Waals surface area contributed by atoms with Gasteiger partial charge in [-0.3, -0.25) is 9.20 Å². The van der Waals surface area contributed by atoms with E-state index in [0.717, 1.165) is 37.8 Å². The first-order valence-electron chi connectivity index (χ1n) is 9.69. The number of halogens is 1. The van der Waals surface area contributed by atoms with E-state index in [1.165, 1.54) is 16.2 Å². The Balaban J connectivity index is 1.47. The third-order valence-electron chi connectivity index (χ3n) is 4.83. The first kappa shape index (κ1) is 19.8. The van der Waals surface area contributed by atoms with Crippen molar-refractivity contribution in [2.24, 2.45) is 0 Å². The molecule has 152 valence electrons. The standard InChI is InChI=1S/C24H17BrN4OS/c25-18-11-12-20-26-19(13-21(30)29(20)14-18)15-31-24-27-22(16-7-3-1-4-8-16)23(28-24)17-9-5-2-6-10-17/h1-14H,15H2,(H,27,28). The van der Waals surface area contributed by atoms with Gasteiger partial charge < -0.3 is 4.98 Å². The molecule has 5 rings (SSSR count). The number of pyridine rings is 1. The number of imidazole rings is 1. The van der Waals surface area contributed by atoms with E-state index in [-0.39, 0.29) is 5.56 Å². The zero-order valence-corrected chi connectivity index (χ0v) is 18.7. The molecule has 0 spiro atoms. The minimum Gasteiger partial charge on any atom is -0.332 e. The predicted molar refractivity (Wildman–Crippen MR) is 128 cm³/mol. The largest absolute Gasteiger partial charge is 0.332 e. The summed E-state index contributed by atoms with van der Waals surface area (Å²) in [6.45, 7) is 0. The molecule has 5 nitrogen and oxygen atoms in total. The van der Waals surface area contributed by atoms with Crippen LogP contribution in [0.5, 0.6) is 0 Å². The topological polar surface area (TPSA) is 63.0 Å². The van der Waals surface area contributed by atoms with E-state index in [2.05, 4.69) is 50.2 Å². The summed E-state index contributed by atoms with van der Waals surface area (Å²) in [5.41, 5.74) is 5.26. The first-order valence-corrected chi connectivity index (χ1v) is 11.5. The minimum absolute atomic E-state index is 0.101. The molecule has 0 fully saturated rings. The molecule has 0 radical (unpaired) electrons. The van der Waals surface area contributed by atoms with Crippen LogP contribution in [0.25, 0.3) is 28.2 Å². The second-order valence-electron chi connectivity index (χ2n) is 6.95. The van der Waals surface area contributed by atoms with Gasteiger partial charge >= 0.3 is 0 Å². The highest BCUT2D eigenvalue weighted by atomic mass is 79.9. The van der Waals surface area contributed by atoms with E-state index < -0.39 is 0 Å². The van der Waals surface area contributed by atoms with Crippen LogP contribution in [-0.4, -0.2) is 19.4 Å². The lowest BCUT2D eigenvalue weighted by molar-refractivity contribution is 1.00. The van der Waals surface area contributed by atoms with Crippen LogP contribution in [0.2, 0.25) is 0 Å². The van der Waals surface area contributed by atoms with Gasteiger partial charge in [-0.2, -0.15) is 0 Å². The second kappa shape index (κ2) is 8.53. The van der Waals surface area contributed by atoms with Crippen molar-refractivity contribution < 1.29 is 0 Å². The van der Waals surface area contributed by atoms with Gasteiger partial charge in [0.1, 0.15) is 5.65 Å². The van der Waals surface area contributed by atoms with Gasteiger partial charge in [0.25, 0.3) is 5.56 Å². The number of hydrogen-bond donors (Lipinski definition) is 1.